The lowest BCUT2D eigenvalue weighted by Crippen LogP contribution is -2.46. The van der Waals surface area contributed by atoms with Crippen molar-refractivity contribution in [1.29, 1.82) is 5.41 Å². The van der Waals surface area contributed by atoms with Gasteiger partial charge >= 0.3 is 5.97 Å². The minimum absolute atomic E-state index is 0.0104. The maximum absolute atomic E-state index is 15.2. The van der Waals surface area contributed by atoms with Gasteiger partial charge in [0.05, 0.1) is 24.2 Å². The van der Waals surface area contributed by atoms with Crippen molar-refractivity contribution in [3.8, 4) is 0 Å². The van der Waals surface area contributed by atoms with E-state index in [-0.39, 0.29) is 23.4 Å². The van der Waals surface area contributed by atoms with Crippen LogP contribution in [-0.4, -0.2) is 53.7 Å². The van der Waals surface area contributed by atoms with E-state index in [1.807, 2.05) is 30.0 Å². The summed E-state index contributed by atoms with van der Waals surface area (Å²) in [5.41, 5.74) is 1.22. The van der Waals surface area contributed by atoms with Crippen LogP contribution in [0.3, 0.4) is 0 Å². The van der Waals surface area contributed by atoms with Crippen LogP contribution in [0.25, 0.3) is 0 Å². The predicted molar refractivity (Wildman–Crippen MR) is 123 cm³/mol. The van der Waals surface area contributed by atoms with Crippen LogP contribution >= 0.6 is 0 Å². The van der Waals surface area contributed by atoms with E-state index < -0.39 is 11.2 Å². The van der Waals surface area contributed by atoms with E-state index in [0.717, 1.165) is 11.3 Å². The molecule has 1 unspecified atom stereocenters. The number of carbonyl (C=O) groups is 2. The normalized spacial score (nSPS) is 18.5. The molecule has 1 aliphatic heterocycles. The number of piperazine rings is 1. The molecule has 2 fully saturated rings. The molecule has 174 valence electrons. The SMILES string of the molecule is CC(=O)ON1CCN(c2ccc(C3(C(=O)C(=N)CC(C)c4cccnc4)CC3)c(F)c2)CC1. The van der Waals surface area contributed by atoms with E-state index in [1.165, 1.54) is 13.0 Å². The number of halogens is 1. The Labute approximate surface area is 193 Å². The zero-order chi connectivity index (χ0) is 23.6. The second-order valence-electron chi connectivity index (χ2n) is 8.94. The molecule has 0 amide bonds. The number of ketones is 1. The lowest BCUT2D eigenvalue weighted by atomic mass is 9.85. The summed E-state index contributed by atoms with van der Waals surface area (Å²) in [5, 5.41) is 10.0. The van der Waals surface area contributed by atoms with Gasteiger partial charge in [0.2, 0.25) is 0 Å². The molecule has 0 radical (unpaired) electrons. The van der Waals surface area contributed by atoms with Gasteiger partial charge in [-0.2, -0.15) is 0 Å². The van der Waals surface area contributed by atoms with Crippen molar-refractivity contribution in [3.05, 3.63) is 59.7 Å². The van der Waals surface area contributed by atoms with Crippen LogP contribution in [0.5, 0.6) is 0 Å². The maximum atomic E-state index is 15.2. The van der Waals surface area contributed by atoms with Crippen LogP contribution in [0.1, 0.15) is 50.2 Å². The molecule has 7 nitrogen and oxygen atoms in total. The number of hydroxylamine groups is 2. The van der Waals surface area contributed by atoms with Crippen LogP contribution in [0.4, 0.5) is 10.1 Å². The second kappa shape index (κ2) is 9.39. The van der Waals surface area contributed by atoms with Gasteiger partial charge in [-0.25, -0.2) is 4.39 Å². The first-order chi connectivity index (χ1) is 15.8. The van der Waals surface area contributed by atoms with Gasteiger partial charge in [-0.3, -0.25) is 14.6 Å². The Balaban J connectivity index is 1.43. The Kier molecular flexibility index (Phi) is 6.56. The van der Waals surface area contributed by atoms with E-state index in [9.17, 15) is 9.59 Å². The van der Waals surface area contributed by atoms with E-state index >= 15 is 4.39 Å². The number of hydrogen-bond acceptors (Lipinski definition) is 7. The molecule has 1 aliphatic carbocycles. The van der Waals surface area contributed by atoms with Crippen LogP contribution < -0.4 is 4.90 Å². The Hall–Kier alpha value is -3.13. The molecule has 4 rings (SSSR count). The molecule has 1 atom stereocenters. The summed E-state index contributed by atoms with van der Waals surface area (Å²) in [4.78, 5) is 35.6. The number of pyridine rings is 1. The average molecular weight is 453 g/mol. The fourth-order valence-electron chi connectivity index (χ4n) is 4.52. The number of nitrogens with one attached hydrogen (secondary N) is 1. The van der Waals surface area contributed by atoms with Crippen molar-refractivity contribution in [2.45, 2.75) is 44.4 Å². The Morgan fingerprint density at radius 3 is 2.52 bits per heavy atom. The highest BCUT2D eigenvalue weighted by molar-refractivity contribution is 6.42. The predicted octanol–water partition coefficient (Wildman–Crippen LogP) is 3.64. The minimum Gasteiger partial charge on any atom is -0.369 e. The maximum Gasteiger partial charge on any atom is 0.322 e. The van der Waals surface area contributed by atoms with Crippen LogP contribution in [0, 0.1) is 11.2 Å². The summed E-state index contributed by atoms with van der Waals surface area (Å²) >= 11 is 0. The molecular weight excluding hydrogens is 423 g/mol. The van der Waals surface area contributed by atoms with Gasteiger partial charge in [-0.05, 0) is 48.9 Å². The van der Waals surface area contributed by atoms with Crippen molar-refractivity contribution in [1.82, 2.24) is 10.0 Å². The topological polar surface area (TPSA) is 86.6 Å². The quantitative estimate of drug-likeness (QED) is 0.616. The minimum atomic E-state index is -0.914. The summed E-state index contributed by atoms with van der Waals surface area (Å²) in [6, 6.07) is 8.80. The third kappa shape index (κ3) is 4.95. The zero-order valence-electron chi connectivity index (χ0n) is 19.0. The summed E-state index contributed by atoms with van der Waals surface area (Å²) in [7, 11) is 0. The van der Waals surface area contributed by atoms with Crippen molar-refractivity contribution in [3.63, 3.8) is 0 Å². The number of benzene rings is 1. The molecule has 0 spiro atoms. The molecular formula is C25H29FN4O3. The summed E-state index contributed by atoms with van der Waals surface area (Å²) in [6.45, 7) is 5.62. The van der Waals surface area contributed by atoms with Crippen molar-refractivity contribution < 1.29 is 18.8 Å². The highest BCUT2D eigenvalue weighted by Gasteiger charge is 2.53. The molecule has 1 saturated heterocycles. The Morgan fingerprint density at radius 1 is 1.21 bits per heavy atom. The lowest BCUT2D eigenvalue weighted by molar-refractivity contribution is -0.188. The number of Topliss-reactive ketones (excluding diaryl/α,β-unsaturated/α-hetero) is 1. The van der Waals surface area contributed by atoms with Crippen molar-refractivity contribution >= 4 is 23.2 Å². The number of hydrogen-bond donors (Lipinski definition) is 1. The molecule has 2 aliphatic rings. The van der Waals surface area contributed by atoms with Crippen LogP contribution in [0.2, 0.25) is 0 Å². The summed E-state index contributed by atoms with van der Waals surface area (Å²) in [5.74, 6) is -1.05. The van der Waals surface area contributed by atoms with Crippen molar-refractivity contribution in [2.75, 3.05) is 31.1 Å². The number of carbonyl (C=O) groups excluding carboxylic acids is 2. The van der Waals surface area contributed by atoms with Gasteiger partial charge in [-0.1, -0.05) is 19.1 Å². The van der Waals surface area contributed by atoms with Crippen LogP contribution in [-0.2, 0) is 19.8 Å². The Bertz CT molecular complexity index is 1050. The molecule has 1 aromatic carbocycles. The molecule has 1 saturated carbocycles. The first kappa shape index (κ1) is 23.0. The highest BCUT2D eigenvalue weighted by Crippen LogP contribution is 2.51. The molecule has 1 aromatic heterocycles. The van der Waals surface area contributed by atoms with Gasteiger partial charge in [0.15, 0.2) is 5.78 Å². The largest absolute Gasteiger partial charge is 0.369 e. The standard InChI is InChI=1S/C25H29FN4O3/c1-17(19-4-3-9-28-16-19)14-23(27)24(32)25(7-8-25)21-6-5-20(15-22(21)26)29-10-12-30(13-11-29)33-18(2)31/h3-6,9,15-17,27H,7-8,10-14H2,1-2H3. The first-order valence-corrected chi connectivity index (χ1v) is 11.3. The fourth-order valence-corrected chi connectivity index (χ4v) is 4.52. The Morgan fingerprint density at radius 2 is 1.94 bits per heavy atom. The third-order valence-electron chi connectivity index (χ3n) is 6.55. The van der Waals surface area contributed by atoms with E-state index in [4.69, 9.17) is 10.2 Å². The molecule has 1 N–H and O–H groups in total. The highest BCUT2D eigenvalue weighted by atomic mass is 19.1. The van der Waals surface area contributed by atoms with E-state index in [0.29, 0.717) is 51.0 Å². The molecule has 33 heavy (non-hydrogen) atoms. The molecule has 0 bridgehead atoms. The van der Waals surface area contributed by atoms with Gasteiger partial charge in [0.1, 0.15) is 5.82 Å². The number of rotatable bonds is 8. The fraction of sp³-hybridized carbons (Fsp3) is 0.440. The van der Waals surface area contributed by atoms with Crippen molar-refractivity contribution in [2.24, 2.45) is 0 Å². The number of nitrogens with zero attached hydrogens (tertiary/aromatic N) is 3. The molecule has 2 aromatic rings. The molecule has 2 heterocycles. The van der Waals surface area contributed by atoms with E-state index in [2.05, 4.69) is 4.98 Å². The zero-order valence-corrected chi connectivity index (χ0v) is 19.0. The second-order valence-corrected chi connectivity index (χ2v) is 8.94. The summed E-state index contributed by atoms with van der Waals surface area (Å²) < 4.78 is 15.2. The third-order valence-corrected chi connectivity index (χ3v) is 6.55. The van der Waals surface area contributed by atoms with Gasteiger partial charge in [0, 0.05) is 43.7 Å². The van der Waals surface area contributed by atoms with Gasteiger partial charge in [-0.15, -0.1) is 5.06 Å². The smallest absolute Gasteiger partial charge is 0.322 e. The van der Waals surface area contributed by atoms with E-state index in [1.54, 1.807) is 23.5 Å². The molecule has 8 heteroatoms. The lowest BCUT2D eigenvalue weighted by Gasteiger charge is -2.34. The number of anilines is 1. The number of aromatic nitrogens is 1. The summed E-state index contributed by atoms with van der Waals surface area (Å²) in [6.07, 6.45) is 4.87. The van der Waals surface area contributed by atoms with Gasteiger partial charge < -0.3 is 15.1 Å². The first-order valence-electron chi connectivity index (χ1n) is 11.3. The monoisotopic (exact) mass is 452 g/mol. The average Bonchev–Trinajstić information content (AvgIpc) is 3.61. The van der Waals surface area contributed by atoms with Crippen LogP contribution in [0.15, 0.2) is 42.7 Å². The van der Waals surface area contributed by atoms with Gasteiger partial charge in [0.25, 0.3) is 0 Å².